The fourth-order valence-electron chi connectivity index (χ4n) is 3.59. The van der Waals surface area contributed by atoms with Crippen molar-refractivity contribution in [1.82, 2.24) is 9.80 Å². The normalized spacial score (nSPS) is 23.3. The van der Waals surface area contributed by atoms with Gasteiger partial charge in [-0.25, -0.2) is 0 Å². The molecule has 2 heterocycles. The Morgan fingerprint density at radius 2 is 1.57 bits per heavy atom. The number of carboxylic acids is 1. The number of carbonyl (C=O) groups excluding carboxylic acids is 1. The maximum atomic E-state index is 12.9. The third kappa shape index (κ3) is 3.96. The summed E-state index contributed by atoms with van der Waals surface area (Å²) >= 11 is 0. The zero-order valence-corrected chi connectivity index (χ0v) is 13.3. The molecule has 0 aromatic carbocycles. The first-order valence-corrected chi connectivity index (χ1v) is 8.26. The van der Waals surface area contributed by atoms with Crippen LogP contribution in [0.3, 0.4) is 0 Å². The van der Waals surface area contributed by atoms with E-state index in [1.165, 1.54) is 19.3 Å². The minimum Gasteiger partial charge on any atom is -0.481 e. The van der Waals surface area contributed by atoms with E-state index in [4.69, 9.17) is 5.11 Å². The summed E-state index contributed by atoms with van der Waals surface area (Å²) in [6, 6.07) is -0.0355. The van der Waals surface area contributed by atoms with Crippen LogP contribution < -0.4 is 0 Å². The van der Waals surface area contributed by atoms with Crippen LogP contribution in [0.4, 0.5) is 0 Å². The van der Waals surface area contributed by atoms with Crippen molar-refractivity contribution in [1.29, 1.82) is 0 Å². The molecule has 21 heavy (non-hydrogen) atoms. The van der Waals surface area contributed by atoms with Gasteiger partial charge in [-0.1, -0.05) is 20.3 Å². The van der Waals surface area contributed by atoms with Gasteiger partial charge >= 0.3 is 5.97 Å². The average Bonchev–Trinajstić information content (AvgIpc) is 2.48. The lowest BCUT2D eigenvalue weighted by molar-refractivity contribution is -0.148. The Morgan fingerprint density at radius 1 is 1.00 bits per heavy atom. The Balaban J connectivity index is 1.97. The molecule has 2 rings (SSSR count). The number of carboxylic acid groups (broad SMARTS) is 1. The summed E-state index contributed by atoms with van der Waals surface area (Å²) in [5, 5.41) is 9.05. The number of hydrogen-bond donors (Lipinski definition) is 1. The van der Waals surface area contributed by atoms with Gasteiger partial charge in [0.15, 0.2) is 0 Å². The number of piperidine rings is 2. The topological polar surface area (TPSA) is 60.9 Å². The molecule has 0 aromatic rings. The van der Waals surface area contributed by atoms with Crippen molar-refractivity contribution in [2.45, 2.75) is 52.0 Å². The first kappa shape index (κ1) is 16.3. The summed E-state index contributed by atoms with van der Waals surface area (Å²) < 4.78 is 0. The quantitative estimate of drug-likeness (QED) is 0.859. The van der Waals surface area contributed by atoms with E-state index in [1.807, 2.05) is 4.90 Å². The van der Waals surface area contributed by atoms with Gasteiger partial charge in [-0.05, 0) is 44.7 Å². The van der Waals surface area contributed by atoms with E-state index < -0.39 is 5.97 Å². The molecule has 0 bridgehead atoms. The highest BCUT2D eigenvalue weighted by atomic mass is 16.4. The predicted octanol–water partition coefficient (Wildman–Crippen LogP) is 1.82. The molecular weight excluding hydrogens is 268 g/mol. The van der Waals surface area contributed by atoms with Gasteiger partial charge in [0.25, 0.3) is 0 Å². The van der Waals surface area contributed by atoms with E-state index in [0.717, 1.165) is 13.1 Å². The zero-order valence-electron chi connectivity index (χ0n) is 13.3. The molecule has 0 aliphatic carbocycles. The summed E-state index contributed by atoms with van der Waals surface area (Å²) in [5.41, 5.74) is 0. The van der Waals surface area contributed by atoms with E-state index in [0.29, 0.717) is 31.8 Å². The highest BCUT2D eigenvalue weighted by Crippen LogP contribution is 2.23. The number of amides is 1. The molecule has 1 amide bonds. The number of carbonyl (C=O) groups is 2. The molecule has 120 valence electrons. The average molecular weight is 296 g/mol. The zero-order chi connectivity index (χ0) is 15.4. The third-order valence-corrected chi connectivity index (χ3v) is 4.82. The maximum absolute atomic E-state index is 12.9. The highest BCUT2D eigenvalue weighted by molar-refractivity contribution is 5.82. The molecule has 2 saturated heterocycles. The maximum Gasteiger partial charge on any atom is 0.306 e. The summed E-state index contributed by atoms with van der Waals surface area (Å²) in [7, 11) is 0. The first-order chi connectivity index (χ1) is 10.0. The van der Waals surface area contributed by atoms with Crippen molar-refractivity contribution in [3.63, 3.8) is 0 Å². The second-order valence-corrected chi connectivity index (χ2v) is 6.72. The minimum absolute atomic E-state index is 0.0355. The van der Waals surface area contributed by atoms with Crippen molar-refractivity contribution >= 4 is 11.9 Å². The Hall–Kier alpha value is -1.10. The summed E-state index contributed by atoms with van der Waals surface area (Å²) in [6.07, 6.45) is 4.80. The SMILES string of the molecule is CC(C)C(C(=O)N1CCC(C(=O)O)CC1)N1CCCCC1. The predicted molar refractivity (Wildman–Crippen MR) is 81.0 cm³/mol. The lowest BCUT2D eigenvalue weighted by atomic mass is 9.94. The molecule has 5 heteroatoms. The third-order valence-electron chi connectivity index (χ3n) is 4.82. The van der Waals surface area contributed by atoms with E-state index in [1.54, 1.807) is 0 Å². The largest absolute Gasteiger partial charge is 0.481 e. The van der Waals surface area contributed by atoms with Gasteiger partial charge in [-0.2, -0.15) is 0 Å². The Bertz CT molecular complexity index is 370. The van der Waals surface area contributed by atoms with Gasteiger partial charge in [-0.15, -0.1) is 0 Å². The van der Waals surface area contributed by atoms with Crippen LogP contribution in [-0.2, 0) is 9.59 Å². The van der Waals surface area contributed by atoms with Gasteiger partial charge < -0.3 is 10.0 Å². The molecule has 0 aromatic heterocycles. The molecule has 0 spiro atoms. The number of nitrogens with zero attached hydrogens (tertiary/aromatic N) is 2. The first-order valence-electron chi connectivity index (χ1n) is 8.26. The Kier molecular flexibility index (Phi) is 5.62. The molecule has 1 unspecified atom stereocenters. The van der Waals surface area contributed by atoms with Gasteiger partial charge in [-0.3, -0.25) is 14.5 Å². The summed E-state index contributed by atoms with van der Waals surface area (Å²) in [6.45, 7) is 7.43. The van der Waals surface area contributed by atoms with Crippen molar-refractivity contribution in [2.75, 3.05) is 26.2 Å². The Morgan fingerprint density at radius 3 is 2.05 bits per heavy atom. The number of rotatable bonds is 4. The van der Waals surface area contributed by atoms with E-state index in [9.17, 15) is 9.59 Å². The van der Waals surface area contributed by atoms with Crippen LogP contribution in [0.15, 0.2) is 0 Å². The molecule has 5 nitrogen and oxygen atoms in total. The van der Waals surface area contributed by atoms with Gasteiger partial charge in [0, 0.05) is 13.1 Å². The number of hydrogen-bond acceptors (Lipinski definition) is 3. The molecule has 1 N–H and O–H groups in total. The molecule has 2 aliphatic heterocycles. The van der Waals surface area contributed by atoms with Gasteiger partial charge in [0.1, 0.15) is 0 Å². The monoisotopic (exact) mass is 296 g/mol. The lowest BCUT2D eigenvalue weighted by Gasteiger charge is -2.40. The van der Waals surface area contributed by atoms with Gasteiger partial charge in [0.05, 0.1) is 12.0 Å². The van der Waals surface area contributed by atoms with Crippen LogP contribution in [0, 0.1) is 11.8 Å². The molecule has 2 fully saturated rings. The van der Waals surface area contributed by atoms with Crippen molar-refractivity contribution in [2.24, 2.45) is 11.8 Å². The lowest BCUT2D eigenvalue weighted by Crippen LogP contribution is -2.54. The van der Waals surface area contributed by atoms with Crippen LogP contribution in [-0.4, -0.2) is 59.0 Å². The van der Waals surface area contributed by atoms with Crippen LogP contribution in [0.1, 0.15) is 46.0 Å². The highest BCUT2D eigenvalue weighted by Gasteiger charge is 2.35. The van der Waals surface area contributed by atoms with E-state index >= 15 is 0 Å². The van der Waals surface area contributed by atoms with E-state index in [-0.39, 0.29) is 17.9 Å². The van der Waals surface area contributed by atoms with Crippen LogP contribution in [0.2, 0.25) is 0 Å². The standard InChI is InChI=1S/C16H28N2O3/c1-12(2)14(17-8-4-3-5-9-17)15(19)18-10-6-13(7-11-18)16(20)21/h12-14H,3-11H2,1-2H3,(H,20,21). The van der Waals surface area contributed by atoms with Crippen LogP contribution in [0.5, 0.6) is 0 Å². The smallest absolute Gasteiger partial charge is 0.306 e. The molecule has 0 radical (unpaired) electrons. The summed E-state index contributed by atoms with van der Waals surface area (Å²) in [5.74, 6) is -0.497. The fraction of sp³-hybridized carbons (Fsp3) is 0.875. The van der Waals surface area contributed by atoms with Crippen molar-refractivity contribution in [3.8, 4) is 0 Å². The van der Waals surface area contributed by atoms with E-state index in [2.05, 4.69) is 18.7 Å². The second kappa shape index (κ2) is 7.25. The van der Waals surface area contributed by atoms with Crippen LogP contribution >= 0.6 is 0 Å². The molecule has 0 saturated carbocycles. The van der Waals surface area contributed by atoms with Crippen LogP contribution in [0.25, 0.3) is 0 Å². The summed E-state index contributed by atoms with van der Waals surface area (Å²) in [4.78, 5) is 28.1. The minimum atomic E-state index is -0.724. The molecule has 1 atom stereocenters. The Labute approximate surface area is 127 Å². The molecule has 2 aliphatic rings. The number of aliphatic carboxylic acids is 1. The fourth-order valence-corrected chi connectivity index (χ4v) is 3.59. The molecular formula is C16H28N2O3. The van der Waals surface area contributed by atoms with Crippen molar-refractivity contribution in [3.05, 3.63) is 0 Å². The number of likely N-dealkylation sites (tertiary alicyclic amines) is 2. The van der Waals surface area contributed by atoms with Gasteiger partial charge in [0.2, 0.25) is 5.91 Å². The van der Waals surface area contributed by atoms with Crippen molar-refractivity contribution < 1.29 is 14.7 Å². The second-order valence-electron chi connectivity index (χ2n) is 6.72.